The molecule has 1 aromatic carbocycles. The Labute approximate surface area is 123 Å². The summed E-state index contributed by atoms with van der Waals surface area (Å²) in [6, 6.07) is 5.65. The van der Waals surface area contributed by atoms with Crippen molar-refractivity contribution in [2.75, 3.05) is 19.7 Å². The van der Waals surface area contributed by atoms with Gasteiger partial charge in [-0.05, 0) is 43.5 Å². The van der Waals surface area contributed by atoms with Gasteiger partial charge < -0.3 is 10.1 Å². The predicted molar refractivity (Wildman–Crippen MR) is 81.6 cm³/mol. The summed E-state index contributed by atoms with van der Waals surface area (Å²) < 4.78 is 6.57. The van der Waals surface area contributed by atoms with Gasteiger partial charge in [0.15, 0.2) is 0 Å². The van der Waals surface area contributed by atoms with Crippen LogP contribution >= 0.6 is 27.5 Å². The van der Waals surface area contributed by atoms with Crippen LogP contribution in [0, 0.1) is 5.92 Å². The highest BCUT2D eigenvalue weighted by Crippen LogP contribution is 2.27. The molecule has 0 unspecified atom stereocenters. The van der Waals surface area contributed by atoms with E-state index in [4.69, 9.17) is 16.3 Å². The quantitative estimate of drug-likeness (QED) is 0.706. The number of ether oxygens (including phenoxy) is 1. The molecule has 102 valence electrons. The average Bonchev–Trinajstić information content (AvgIpc) is 2.30. The minimum atomic E-state index is 0.642. The number of halogens is 2. The molecule has 0 fully saturated rings. The van der Waals surface area contributed by atoms with Crippen molar-refractivity contribution < 1.29 is 4.74 Å². The largest absolute Gasteiger partial charge is 0.491 e. The van der Waals surface area contributed by atoms with Gasteiger partial charge in [-0.25, -0.2) is 0 Å². The first-order valence-electron chi connectivity index (χ1n) is 6.38. The molecule has 1 rings (SSSR count). The summed E-state index contributed by atoms with van der Waals surface area (Å²) in [6.45, 7) is 7.04. The van der Waals surface area contributed by atoms with Crippen LogP contribution < -0.4 is 10.1 Å². The van der Waals surface area contributed by atoms with Gasteiger partial charge in [-0.2, -0.15) is 0 Å². The van der Waals surface area contributed by atoms with E-state index in [9.17, 15) is 0 Å². The van der Waals surface area contributed by atoms with Crippen molar-refractivity contribution in [3.63, 3.8) is 0 Å². The second kappa shape index (κ2) is 8.78. The van der Waals surface area contributed by atoms with Crippen molar-refractivity contribution in [3.05, 3.63) is 27.7 Å². The monoisotopic (exact) mass is 333 g/mol. The summed E-state index contributed by atoms with van der Waals surface area (Å²) in [7, 11) is 0. The lowest BCUT2D eigenvalue weighted by molar-refractivity contribution is 0.313. The molecule has 0 amide bonds. The van der Waals surface area contributed by atoms with Gasteiger partial charge in [-0.1, -0.05) is 41.4 Å². The van der Waals surface area contributed by atoms with Crippen LogP contribution in [0.4, 0.5) is 0 Å². The molecule has 2 nitrogen and oxygen atoms in total. The molecule has 0 spiro atoms. The molecule has 0 saturated carbocycles. The minimum Gasteiger partial charge on any atom is -0.491 e. The number of benzene rings is 1. The smallest absolute Gasteiger partial charge is 0.138 e. The van der Waals surface area contributed by atoms with Crippen molar-refractivity contribution in [2.24, 2.45) is 5.92 Å². The fraction of sp³-hybridized carbons (Fsp3) is 0.571. The van der Waals surface area contributed by atoms with Crippen LogP contribution in [0.2, 0.25) is 5.02 Å². The maximum atomic E-state index is 6.05. The van der Waals surface area contributed by atoms with E-state index in [-0.39, 0.29) is 0 Å². The van der Waals surface area contributed by atoms with Gasteiger partial charge in [0.25, 0.3) is 0 Å². The summed E-state index contributed by atoms with van der Waals surface area (Å²) in [4.78, 5) is 0. The van der Waals surface area contributed by atoms with E-state index in [1.165, 1.54) is 12.8 Å². The lowest BCUT2D eigenvalue weighted by Crippen LogP contribution is -2.22. The van der Waals surface area contributed by atoms with Gasteiger partial charge in [-0.3, -0.25) is 0 Å². The van der Waals surface area contributed by atoms with Gasteiger partial charge in [0.05, 0.1) is 5.02 Å². The van der Waals surface area contributed by atoms with Gasteiger partial charge in [0.1, 0.15) is 12.4 Å². The molecule has 0 aliphatic rings. The number of hydrogen-bond acceptors (Lipinski definition) is 2. The van der Waals surface area contributed by atoms with Crippen LogP contribution in [-0.4, -0.2) is 19.7 Å². The molecular weight excluding hydrogens is 314 g/mol. The zero-order chi connectivity index (χ0) is 13.4. The molecule has 0 bridgehead atoms. The molecular formula is C14H21BrClNO. The molecule has 0 atom stereocenters. The van der Waals surface area contributed by atoms with E-state index in [2.05, 4.69) is 35.1 Å². The lowest BCUT2D eigenvalue weighted by atomic mass is 10.1. The van der Waals surface area contributed by atoms with E-state index in [0.29, 0.717) is 11.6 Å². The molecule has 0 aliphatic heterocycles. The Bertz CT molecular complexity index is 358. The zero-order valence-corrected chi connectivity index (χ0v) is 13.4. The van der Waals surface area contributed by atoms with Crippen molar-refractivity contribution in [2.45, 2.75) is 26.7 Å². The van der Waals surface area contributed by atoms with Crippen molar-refractivity contribution in [1.29, 1.82) is 0 Å². The Balaban J connectivity index is 2.11. The Hall–Kier alpha value is -0.250. The molecule has 0 saturated heterocycles. The van der Waals surface area contributed by atoms with E-state index < -0.39 is 0 Å². The first kappa shape index (κ1) is 15.8. The highest BCUT2D eigenvalue weighted by molar-refractivity contribution is 9.10. The Morgan fingerprint density at radius 3 is 2.78 bits per heavy atom. The summed E-state index contributed by atoms with van der Waals surface area (Å²) in [5, 5.41) is 4.01. The van der Waals surface area contributed by atoms with Gasteiger partial charge in [-0.15, -0.1) is 0 Å². The third-order valence-electron chi connectivity index (χ3n) is 2.57. The molecule has 0 heterocycles. The molecule has 1 N–H and O–H groups in total. The van der Waals surface area contributed by atoms with Crippen LogP contribution in [0.1, 0.15) is 26.7 Å². The van der Waals surface area contributed by atoms with Crippen molar-refractivity contribution >= 4 is 27.5 Å². The minimum absolute atomic E-state index is 0.642. The second-order valence-corrected chi connectivity index (χ2v) is 6.03. The first-order valence-corrected chi connectivity index (χ1v) is 7.55. The van der Waals surface area contributed by atoms with Crippen LogP contribution in [0.15, 0.2) is 22.7 Å². The molecule has 1 aromatic rings. The number of rotatable bonds is 8. The zero-order valence-electron chi connectivity index (χ0n) is 11.0. The van der Waals surface area contributed by atoms with Crippen molar-refractivity contribution in [3.8, 4) is 5.75 Å². The first-order chi connectivity index (χ1) is 8.59. The fourth-order valence-corrected chi connectivity index (χ4v) is 2.31. The van der Waals surface area contributed by atoms with E-state index >= 15 is 0 Å². The Morgan fingerprint density at radius 2 is 2.11 bits per heavy atom. The number of nitrogens with one attached hydrogen (secondary N) is 1. The molecule has 0 aromatic heterocycles. The van der Waals surface area contributed by atoms with Crippen LogP contribution in [0.3, 0.4) is 0 Å². The van der Waals surface area contributed by atoms with E-state index in [1.54, 1.807) is 0 Å². The standard InChI is InChI=1S/C14H21BrClNO/c1-11(2)4-3-7-17-8-9-18-14-6-5-12(15)10-13(14)16/h5-6,10-11,17H,3-4,7-9H2,1-2H3. The number of hydrogen-bond donors (Lipinski definition) is 1. The maximum absolute atomic E-state index is 6.05. The van der Waals surface area contributed by atoms with Crippen LogP contribution in [0.25, 0.3) is 0 Å². The predicted octanol–water partition coefficient (Wildman–Crippen LogP) is 4.51. The van der Waals surface area contributed by atoms with Crippen LogP contribution in [0.5, 0.6) is 5.75 Å². The third kappa shape index (κ3) is 6.62. The van der Waals surface area contributed by atoms with Gasteiger partial charge in [0, 0.05) is 11.0 Å². The third-order valence-corrected chi connectivity index (χ3v) is 3.35. The molecule has 18 heavy (non-hydrogen) atoms. The molecule has 4 heteroatoms. The van der Waals surface area contributed by atoms with Crippen molar-refractivity contribution in [1.82, 2.24) is 5.32 Å². The normalized spacial score (nSPS) is 10.9. The summed E-state index contributed by atoms with van der Waals surface area (Å²) in [6.07, 6.45) is 2.49. The Morgan fingerprint density at radius 1 is 1.33 bits per heavy atom. The fourth-order valence-electron chi connectivity index (χ4n) is 1.59. The summed E-state index contributed by atoms with van der Waals surface area (Å²) in [5.41, 5.74) is 0. The Kier molecular flexibility index (Phi) is 7.71. The van der Waals surface area contributed by atoms with Gasteiger partial charge in [0.2, 0.25) is 0 Å². The van der Waals surface area contributed by atoms with Gasteiger partial charge >= 0.3 is 0 Å². The van der Waals surface area contributed by atoms with E-state index in [1.807, 2.05) is 18.2 Å². The average molecular weight is 335 g/mol. The van der Waals surface area contributed by atoms with Crippen LogP contribution in [-0.2, 0) is 0 Å². The topological polar surface area (TPSA) is 21.3 Å². The second-order valence-electron chi connectivity index (χ2n) is 4.71. The summed E-state index contributed by atoms with van der Waals surface area (Å²) in [5.74, 6) is 1.52. The molecule has 0 aliphatic carbocycles. The highest BCUT2D eigenvalue weighted by atomic mass is 79.9. The lowest BCUT2D eigenvalue weighted by Gasteiger charge is -2.09. The maximum Gasteiger partial charge on any atom is 0.138 e. The SMILES string of the molecule is CC(C)CCCNCCOc1ccc(Br)cc1Cl. The summed E-state index contributed by atoms with van der Waals surface area (Å²) >= 11 is 9.42. The highest BCUT2D eigenvalue weighted by Gasteiger charge is 2.01. The molecule has 0 radical (unpaired) electrons. The van der Waals surface area contributed by atoms with E-state index in [0.717, 1.165) is 29.2 Å².